The highest BCUT2D eigenvalue weighted by atomic mass is 16.5. The molecule has 0 saturated heterocycles. The SMILES string of the molecule is CCOCCCN1Cc2ccc(NC(=O)C3CC=CCC3)cc2C1. The minimum atomic E-state index is 0.123. The highest BCUT2D eigenvalue weighted by Gasteiger charge is 2.21. The highest BCUT2D eigenvalue weighted by molar-refractivity contribution is 5.92. The van der Waals surface area contributed by atoms with Crippen molar-refractivity contribution in [1.29, 1.82) is 0 Å². The maximum absolute atomic E-state index is 12.4. The summed E-state index contributed by atoms with van der Waals surface area (Å²) in [5.41, 5.74) is 3.65. The second kappa shape index (κ2) is 8.45. The number of amides is 1. The van der Waals surface area contributed by atoms with Crippen molar-refractivity contribution >= 4 is 11.6 Å². The minimum absolute atomic E-state index is 0.123. The molecule has 0 bridgehead atoms. The summed E-state index contributed by atoms with van der Waals surface area (Å²) in [5, 5.41) is 3.10. The van der Waals surface area contributed by atoms with E-state index in [0.717, 1.165) is 64.2 Å². The van der Waals surface area contributed by atoms with Crippen LogP contribution in [0.25, 0.3) is 0 Å². The Morgan fingerprint density at radius 3 is 2.96 bits per heavy atom. The Kier molecular flexibility index (Phi) is 6.05. The van der Waals surface area contributed by atoms with Gasteiger partial charge < -0.3 is 10.1 Å². The van der Waals surface area contributed by atoms with Crippen LogP contribution in [0.1, 0.15) is 43.7 Å². The molecule has 1 aromatic carbocycles. The molecule has 0 aromatic heterocycles. The Morgan fingerprint density at radius 2 is 2.17 bits per heavy atom. The van der Waals surface area contributed by atoms with E-state index in [1.165, 1.54) is 11.1 Å². The van der Waals surface area contributed by atoms with E-state index in [4.69, 9.17) is 4.74 Å². The van der Waals surface area contributed by atoms with Gasteiger partial charge >= 0.3 is 0 Å². The first-order valence-corrected chi connectivity index (χ1v) is 9.14. The lowest BCUT2D eigenvalue weighted by Gasteiger charge is -2.17. The van der Waals surface area contributed by atoms with E-state index < -0.39 is 0 Å². The third kappa shape index (κ3) is 4.46. The summed E-state index contributed by atoms with van der Waals surface area (Å²) >= 11 is 0. The van der Waals surface area contributed by atoms with Gasteiger partial charge in [-0.25, -0.2) is 0 Å². The predicted octanol–water partition coefficient (Wildman–Crippen LogP) is 3.72. The summed E-state index contributed by atoms with van der Waals surface area (Å²) in [6, 6.07) is 6.35. The zero-order chi connectivity index (χ0) is 16.8. The molecule has 1 aromatic rings. The number of ether oxygens (including phenoxy) is 1. The average molecular weight is 328 g/mol. The lowest BCUT2D eigenvalue weighted by Crippen LogP contribution is -2.23. The van der Waals surface area contributed by atoms with Crippen LogP contribution < -0.4 is 5.32 Å². The van der Waals surface area contributed by atoms with E-state index in [2.05, 4.69) is 34.5 Å². The van der Waals surface area contributed by atoms with Crippen molar-refractivity contribution in [2.24, 2.45) is 5.92 Å². The monoisotopic (exact) mass is 328 g/mol. The largest absolute Gasteiger partial charge is 0.382 e. The number of carbonyl (C=O) groups excluding carboxylic acids is 1. The van der Waals surface area contributed by atoms with Crippen LogP contribution in [0.2, 0.25) is 0 Å². The van der Waals surface area contributed by atoms with Gasteiger partial charge in [0.2, 0.25) is 5.91 Å². The lowest BCUT2D eigenvalue weighted by atomic mass is 9.93. The molecule has 1 amide bonds. The lowest BCUT2D eigenvalue weighted by molar-refractivity contribution is -0.120. The molecular weight excluding hydrogens is 300 g/mol. The molecule has 1 aliphatic carbocycles. The molecule has 1 heterocycles. The van der Waals surface area contributed by atoms with Crippen LogP contribution in [0.15, 0.2) is 30.4 Å². The number of hydrogen-bond acceptors (Lipinski definition) is 3. The van der Waals surface area contributed by atoms with Crippen LogP contribution in [0.5, 0.6) is 0 Å². The first kappa shape index (κ1) is 17.2. The van der Waals surface area contributed by atoms with Gasteiger partial charge in [-0.15, -0.1) is 0 Å². The van der Waals surface area contributed by atoms with E-state index in [9.17, 15) is 4.79 Å². The molecule has 1 unspecified atom stereocenters. The van der Waals surface area contributed by atoms with Gasteiger partial charge in [-0.2, -0.15) is 0 Å². The van der Waals surface area contributed by atoms with Gasteiger partial charge in [-0.1, -0.05) is 18.2 Å². The second-order valence-electron chi connectivity index (χ2n) is 6.72. The summed E-state index contributed by atoms with van der Waals surface area (Å²) in [6.07, 6.45) is 8.20. The molecule has 0 fully saturated rings. The number of rotatable bonds is 7. The third-order valence-corrected chi connectivity index (χ3v) is 4.87. The number of hydrogen-bond donors (Lipinski definition) is 1. The van der Waals surface area contributed by atoms with E-state index in [1.807, 2.05) is 13.0 Å². The number of benzene rings is 1. The fourth-order valence-electron chi connectivity index (χ4n) is 3.51. The zero-order valence-electron chi connectivity index (χ0n) is 14.6. The van der Waals surface area contributed by atoms with Crippen molar-refractivity contribution in [3.8, 4) is 0 Å². The molecule has 4 heteroatoms. The molecule has 0 saturated carbocycles. The first-order chi connectivity index (χ1) is 11.8. The topological polar surface area (TPSA) is 41.6 Å². The van der Waals surface area contributed by atoms with Gasteiger partial charge in [0.25, 0.3) is 0 Å². The summed E-state index contributed by atoms with van der Waals surface area (Å²) in [5.74, 6) is 0.282. The number of allylic oxidation sites excluding steroid dienone is 2. The Bertz CT molecular complexity index is 597. The normalized spacial score (nSPS) is 20.1. The van der Waals surface area contributed by atoms with Gasteiger partial charge in [0.15, 0.2) is 0 Å². The van der Waals surface area contributed by atoms with Crippen molar-refractivity contribution < 1.29 is 9.53 Å². The van der Waals surface area contributed by atoms with Gasteiger partial charge in [-0.3, -0.25) is 9.69 Å². The van der Waals surface area contributed by atoms with E-state index in [1.54, 1.807) is 0 Å². The molecule has 3 rings (SSSR count). The van der Waals surface area contributed by atoms with Crippen LogP contribution >= 0.6 is 0 Å². The number of anilines is 1. The van der Waals surface area contributed by atoms with Crippen molar-refractivity contribution in [3.05, 3.63) is 41.5 Å². The van der Waals surface area contributed by atoms with Crippen LogP contribution in [0.4, 0.5) is 5.69 Å². The minimum Gasteiger partial charge on any atom is -0.382 e. The molecule has 130 valence electrons. The average Bonchev–Trinajstić information content (AvgIpc) is 3.01. The molecule has 2 aliphatic rings. The van der Waals surface area contributed by atoms with Crippen molar-refractivity contribution in [2.75, 3.05) is 25.1 Å². The molecule has 0 spiro atoms. The third-order valence-electron chi connectivity index (χ3n) is 4.87. The Morgan fingerprint density at radius 1 is 1.29 bits per heavy atom. The fraction of sp³-hybridized carbons (Fsp3) is 0.550. The van der Waals surface area contributed by atoms with E-state index >= 15 is 0 Å². The van der Waals surface area contributed by atoms with Gasteiger partial charge in [0, 0.05) is 44.5 Å². The van der Waals surface area contributed by atoms with Crippen molar-refractivity contribution in [1.82, 2.24) is 4.90 Å². The summed E-state index contributed by atoms with van der Waals surface area (Å²) < 4.78 is 5.41. The van der Waals surface area contributed by atoms with Gasteiger partial charge in [-0.05, 0) is 55.9 Å². The standard InChI is InChI=1S/C20H28N2O2/c1-2-24-12-6-11-22-14-17-9-10-19(13-18(17)15-22)21-20(23)16-7-4-3-5-8-16/h3-4,9-10,13,16H,2,5-8,11-12,14-15H2,1H3,(H,21,23). The Labute approximate surface area is 144 Å². The van der Waals surface area contributed by atoms with Crippen LogP contribution in [0, 0.1) is 5.92 Å². The maximum atomic E-state index is 12.4. The number of nitrogens with one attached hydrogen (secondary N) is 1. The predicted molar refractivity (Wildman–Crippen MR) is 96.8 cm³/mol. The number of fused-ring (bicyclic) bond motifs is 1. The molecule has 1 aliphatic heterocycles. The van der Waals surface area contributed by atoms with Crippen LogP contribution in [0.3, 0.4) is 0 Å². The number of nitrogens with zero attached hydrogens (tertiary/aromatic N) is 1. The van der Waals surface area contributed by atoms with Crippen molar-refractivity contribution in [2.45, 2.75) is 45.7 Å². The van der Waals surface area contributed by atoms with Crippen LogP contribution in [-0.2, 0) is 22.6 Å². The fourth-order valence-corrected chi connectivity index (χ4v) is 3.51. The van der Waals surface area contributed by atoms with E-state index in [0.29, 0.717) is 0 Å². The molecule has 24 heavy (non-hydrogen) atoms. The summed E-state index contributed by atoms with van der Waals surface area (Å²) in [6.45, 7) is 6.69. The molecular formula is C20H28N2O2. The number of carbonyl (C=O) groups is 1. The zero-order valence-corrected chi connectivity index (χ0v) is 14.6. The van der Waals surface area contributed by atoms with Gasteiger partial charge in [0.1, 0.15) is 0 Å². The maximum Gasteiger partial charge on any atom is 0.227 e. The summed E-state index contributed by atoms with van der Waals surface area (Å²) in [4.78, 5) is 14.8. The van der Waals surface area contributed by atoms with Crippen molar-refractivity contribution in [3.63, 3.8) is 0 Å². The summed E-state index contributed by atoms with van der Waals surface area (Å²) in [7, 11) is 0. The van der Waals surface area contributed by atoms with Gasteiger partial charge in [0.05, 0.1) is 0 Å². The Balaban J connectivity index is 1.52. The molecule has 4 nitrogen and oxygen atoms in total. The Hall–Kier alpha value is -1.65. The quantitative estimate of drug-likeness (QED) is 0.612. The first-order valence-electron chi connectivity index (χ1n) is 9.14. The molecule has 1 N–H and O–H groups in total. The highest BCUT2D eigenvalue weighted by Crippen LogP contribution is 2.27. The second-order valence-corrected chi connectivity index (χ2v) is 6.72. The van der Waals surface area contributed by atoms with E-state index in [-0.39, 0.29) is 11.8 Å². The van der Waals surface area contributed by atoms with Crippen LogP contribution in [-0.4, -0.2) is 30.6 Å². The smallest absolute Gasteiger partial charge is 0.227 e. The molecule has 1 atom stereocenters. The molecule has 0 radical (unpaired) electrons.